The van der Waals surface area contributed by atoms with Gasteiger partial charge in [0.25, 0.3) is 23.4 Å². The summed E-state index contributed by atoms with van der Waals surface area (Å²) in [7, 11) is 0. The molecule has 158 valence electrons. The maximum absolute atomic E-state index is 13.4. The van der Waals surface area contributed by atoms with Crippen LogP contribution in [0, 0.1) is 22.0 Å². The molecule has 8 heteroatoms. The predicted molar refractivity (Wildman–Crippen MR) is 111 cm³/mol. The molecule has 2 aliphatic rings. The van der Waals surface area contributed by atoms with E-state index < -0.39 is 34.5 Å². The lowest BCUT2D eigenvalue weighted by molar-refractivity contribution is -0.384. The van der Waals surface area contributed by atoms with Crippen molar-refractivity contribution in [1.29, 1.82) is 0 Å². The lowest BCUT2D eigenvalue weighted by Gasteiger charge is -2.30. The maximum Gasteiger partial charge on any atom is 0.273 e. The SMILES string of the molecule is CC1=CC[C@@H]2C(=O)N(N(Cc3ccccc3)C(=O)c3cccc([N+](=O)[O-])c3)C(=O)[C@@H]2C1. The molecule has 4 rings (SSSR count). The van der Waals surface area contributed by atoms with Crippen molar-refractivity contribution in [3.63, 3.8) is 0 Å². The Kier molecular flexibility index (Phi) is 5.37. The third-order valence-electron chi connectivity index (χ3n) is 5.75. The van der Waals surface area contributed by atoms with Gasteiger partial charge in [0, 0.05) is 17.7 Å². The fourth-order valence-corrected chi connectivity index (χ4v) is 4.15. The molecule has 1 aliphatic heterocycles. The average Bonchev–Trinajstić information content (AvgIpc) is 3.02. The van der Waals surface area contributed by atoms with Crippen molar-refractivity contribution in [2.24, 2.45) is 11.8 Å². The summed E-state index contributed by atoms with van der Waals surface area (Å²) < 4.78 is 0. The summed E-state index contributed by atoms with van der Waals surface area (Å²) in [5.41, 5.74) is 1.57. The first kappa shape index (κ1) is 20.5. The van der Waals surface area contributed by atoms with E-state index in [2.05, 4.69) is 0 Å². The number of hydrogen-bond acceptors (Lipinski definition) is 5. The van der Waals surface area contributed by atoms with Crippen LogP contribution in [0.3, 0.4) is 0 Å². The molecule has 1 saturated heterocycles. The van der Waals surface area contributed by atoms with Crippen molar-refractivity contribution in [1.82, 2.24) is 10.0 Å². The summed E-state index contributed by atoms with van der Waals surface area (Å²) in [6.45, 7) is 1.92. The highest BCUT2D eigenvalue weighted by molar-refractivity contribution is 6.08. The minimum atomic E-state index is -0.641. The standard InChI is InChI=1S/C23H21N3O5/c1-15-10-11-19-20(12-15)23(29)25(22(19)28)24(14-16-6-3-2-4-7-16)21(27)17-8-5-9-18(13-17)26(30)31/h2-10,13,19-20H,11-12,14H2,1H3/t19-,20+/m0/s1. The molecule has 2 aromatic carbocycles. The normalized spacial score (nSPS) is 20.3. The van der Waals surface area contributed by atoms with E-state index in [-0.39, 0.29) is 17.8 Å². The Morgan fingerprint density at radius 3 is 2.52 bits per heavy atom. The van der Waals surface area contributed by atoms with Gasteiger partial charge in [-0.3, -0.25) is 24.5 Å². The fourth-order valence-electron chi connectivity index (χ4n) is 4.15. The zero-order chi connectivity index (χ0) is 22.1. The fraction of sp³-hybridized carbons (Fsp3) is 0.261. The number of fused-ring (bicyclic) bond motifs is 1. The summed E-state index contributed by atoms with van der Waals surface area (Å²) in [4.78, 5) is 50.4. The summed E-state index contributed by atoms with van der Waals surface area (Å²) in [6.07, 6.45) is 2.90. The Labute approximate surface area is 178 Å². The molecular formula is C23H21N3O5. The summed E-state index contributed by atoms with van der Waals surface area (Å²) in [5.74, 6) is -2.44. The van der Waals surface area contributed by atoms with E-state index in [4.69, 9.17) is 0 Å². The second kappa shape index (κ2) is 8.14. The minimum Gasteiger partial charge on any atom is -0.272 e. The Hall–Kier alpha value is -3.81. The first-order chi connectivity index (χ1) is 14.9. The number of rotatable bonds is 5. The van der Waals surface area contributed by atoms with Crippen molar-refractivity contribution in [3.8, 4) is 0 Å². The second-order valence-electron chi connectivity index (χ2n) is 7.85. The average molecular weight is 419 g/mol. The van der Waals surface area contributed by atoms with Gasteiger partial charge in [-0.25, -0.2) is 5.01 Å². The van der Waals surface area contributed by atoms with E-state index in [9.17, 15) is 24.5 Å². The van der Waals surface area contributed by atoms with E-state index >= 15 is 0 Å². The number of imide groups is 1. The number of nitro benzene ring substituents is 1. The van der Waals surface area contributed by atoms with Gasteiger partial charge < -0.3 is 0 Å². The van der Waals surface area contributed by atoms with Crippen LogP contribution in [-0.4, -0.2) is 32.7 Å². The molecule has 0 saturated carbocycles. The Morgan fingerprint density at radius 2 is 1.81 bits per heavy atom. The van der Waals surface area contributed by atoms with E-state index in [1.54, 1.807) is 24.3 Å². The largest absolute Gasteiger partial charge is 0.273 e. The van der Waals surface area contributed by atoms with E-state index in [1.165, 1.54) is 18.2 Å². The van der Waals surface area contributed by atoms with E-state index in [1.807, 2.05) is 19.1 Å². The summed E-state index contributed by atoms with van der Waals surface area (Å²) in [5, 5.41) is 13.2. The first-order valence-corrected chi connectivity index (χ1v) is 10.0. The molecule has 0 N–H and O–H groups in total. The predicted octanol–water partition coefficient (Wildman–Crippen LogP) is 3.49. The molecule has 8 nitrogen and oxygen atoms in total. The topological polar surface area (TPSA) is 101 Å². The number of hydrazine groups is 1. The molecule has 1 fully saturated rings. The zero-order valence-corrected chi connectivity index (χ0v) is 16.9. The van der Waals surface area contributed by atoms with Gasteiger partial charge in [-0.15, -0.1) is 0 Å². The molecule has 2 atom stereocenters. The van der Waals surface area contributed by atoms with Crippen molar-refractivity contribution >= 4 is 23.4 Å². The number of amides is 3. The van der Waals surface area contributed by atoms with Crippen LogP contribution in [0.15, 0.2) is 66.2 Å². The number of carbonyl (C=O) groups excluding carboxylic acids is 3. The number of nitrogens with zero attached hydrogens (tertiary/aromatic N) is 3. The van der Waals surface area contributed by atoms with Crippen molar-refractivity contribution in [3.05, 3.63) is 87.5 Å². The smallest absolute Gasteiger partial charge is 0.272 e. The highest BCUT2D eigenvalue weighted by Crippen LogP contribution is 2.39. The number of allylic oxidation sites excluding steroid dienone is 2. The lowest BCUT2D eigenvalue weighted by Crippen LogP contribution is -2.49. The molecule has 0 unspecified atom stereocenters. The van der Waals surface area contributed by atoms with Crippen LogP contribution in [0.2, 0.25) is 0 Å². The van der Waals surface area contributed by atoms with Crippen LogP contribution < -0.4 is 0 Å². The van der Waals surface area contributed by atoms with Crippen LogP contribution >= 0.6 is 0 Å². The van der Waals surface area contributed by atoms with Crippen LogP contribution in [0.4, 0.5) is 5.69 Å². The van der Waals surface area contributed by atoms with Gasteiger partial charge in [-0.1, -0.05) is 48.0 Å². The molecule has 2 aromatic rings. The van der Waals surface area contributed by atoms with Gasteiger partial charge in [0.2, 0.25) is 0 Å². The summed E-state index contributed by atoms with van der Waals surface area (Å²) >= 11 is 0. The van der Waals surface area contributed by atoms with Crippen LogP contribution in [-0.2, 0) is 16.1 Å². The number of carbonyl (C=O) groups is 3. The molecule has 31 heavy (non-hydrogen) atoms. The lowest BCUT2D eigenvalue weighted by atomic mass is 9.82. The Balaban J connectivity index is 1.72. The van der Waals surface area contributed by atoms with Gasteiger partial charge >= 0.3 is 0 Å². The third-order valence-corrected chi connectivity index (χ3v) is 5.75. The van der Waals surface area contributed by atoms with Crippen molar-refractivity contribution in [2.45, 2.75) is 26.3 Å². The monoisotopic (exact) mass is 419 g/mol. The van der Waals surface area contributed by atoms with Crippen LogP contribution in [0.5, 0.6) is 0 Å². The number of non-ortho nitro benzene ring substituents is 1. The number of nitro groups is 1. The minimum absolute atomic E-state index is 0.00824. The van der Waals surface area contributed by atoms with Crippen molar-refractivity contribution in [2.75, 3.05) is 0 Å². The van der Waals surface area contributed by atoms with E-state index in [0.717, 1.165) is 27.2 Å². The first-order valence-electron chi connectivity index (χ1n) is 10.0. The molecule has 3 amide bonds. The maximum atomic E-state index is 13.4. The highest BCUT2D eigenvalue weighted by atomic mass is 16.6. The van der Waals surface area contributed by atoms with Crippen LogP contribution in [0.1, 0.15) is 35.7 Å². The van der Waals surface area contributed by atoms with Gasteiger partial charge in [0.05, 0.1) is 23.3 Å². The Morgan fingerprint density at radius 1 is 1.10 bits per heavy atom. The Bertz CT molecular complexity index is 1100. The molecule has 0 radical (unpaired) electrons. The van der Waals surface area contributed by atoms with Gasteiger partial charge in [-0.2, -0.15) is 5.01 Å². The molecule has 1 heterocycles. The molecule has 0 aromatic heterocycles. The molecule has 1 aliphatic carbocycles. The quantitative estimate of drug-likeness (QED) is 0.320. The van der Waals surface area contributed by atoms with Gasteiger partial charge in [0.1, 0.15) is 0 Å². The number of benzene rings is 2. The highest BCUT2D eigenvalue weighted by Gasteiger charge is 2.51. The van der Waals surface area contributed by atoms with Crippen LogP contribution in [0.25, 0.3) is 0 Å². The molecule has 0 bridgehead atoms. The van der Waals surface area contributed by atoms with Crippen molar-refractivity contribution < 1.29 is 19.3 Å². The van der Waals surface area contributed by atoms with E-state index in [0.29, 0.717) is 12.8 Å². The molecular weight excluding hydrogens is 398 g/mol. The third kappa shape index (κ3) is 3.84. The zero-order valence-electron chi connectivity index (χ0n) is 16.9. The second-order valence-corrected chi connectivity index (χ2v) is 7.85. The van der Waals surface area contributed by atoms with Gasteiger partial charge in [0.15, 0.2) is 0 Å². The summed E-state index contributed by atoms with van der Waals surface area (Å²) in [6, 6.07) is 14.3. The molecule has 0 spiro atoms. The number of hydrogen-bond donors (Lipinski definition) is 0. The van der Waals surface area contributed by atoms with Gasteiger partial charge in [-0.05, 0) is 31.4 Å².